The van der Waals surface area contributed by atoms with Crippen LogP contribution in [-0.4, -0.2) is 46.5 Å². The summed E-state index contributed by atoms with van der Waals surface area (Å²) in [6.45, 7) is 2.51. The number of H-pyrrole nitrogens is 1. The molecular formula is C19H18Cl2N4O3. The molecule has 9 heteroatoms. The minimum atomic E-state index is -0.270. The van der Waals surface area contributed by atoms with Gasteiger partial charge in [-0.1, -0.05) is 29.3 Å². The minimum absolute atomic E-state index is 0.0638. The van der Waals surface area contributed by atoms with E-state index in [9.17, 15) is 4.79 Å². The summed E-state index contributed by atoms with van der Waals surface area (Å²) in [5.74, 6) is 0.387. The third kappa shape index (κ3) is 2.86. The monoisotopic (exact) mass is 420 g/mol. The van der Waals surface area contributed by atoms with Gasteiger partial charge in [0.15, 0.2) is 5.75 Å². The molecule has 3 heterocycles. The fraction of sp³-hybridized carbons (Fsp3) is 0.316. The van der Waals surface area contributed by atoms with Gasteiger partial charge in [-0.05, 0) is 13.0 Å². The number of nitrogens with zero attached hydrogens (tertiary/aromatic N) is 3. The van der Waals surface area contributed by atoms with Gasteiger partial charge in [0.2, 0.25) is 5.82 Å². The van der Waals surface area contributed by atoms with Gasteiger partial charge >= 0.3 is 0 Å². The molecule has 3 aromatic rings. The summed E-state index contributed by atoms with van der Waals surface area (Å²) in [7, 11) is 2.96. The molecule has 1 amide bonds. The van der Waals surface area contributed by atoms with E-state index in [1.165, 1.54) is 20.4 Å². The maximum absolute atomic E-state index is 13.1. The first-order chi connectivity index (χ1) is 13.5. The number of nitrogens with one attached hydrogen (secondary N) is 1. The van der Waals surface area contributed by atoms with Crippen LogP contribution in [0.4, 0.5) is 0 Å². The smallest absolute Gasteiger partial charge is 0.292 e. The molecule has 1 N–H and O–H groups in total. The second-order valence-corrected chi connectivity index (χ2v) is 7.28. The lowest BCUT2D eigenvalue weighted by molar-refractivity contribution is 0.0664. The fourth-order valence-corrected chi connectivity index (χ4v) is 4.05. The van der Waals surface area contributed by atoms with Crippen LogP contribution >= 0.6 is 23.2 Å². The first-order valence-electron chi connectivity index (χ1n) is 8.70. The highest BCUT2D eigenvalue weighted by molar-refractivity contribution is 6.45. The Morgan fingerprint density at radius 1 is 1.29 bits per heavy atom. The fourth-order valence-electron chi connectivity index (χ4n) is 3.68. The van der Waals surface area contributed by atoms with Crippen molar-refractivity contribution in [3.8, 4) is 11.6 Å². The van der Waals surface area contributed by atoms with Crippen LogP contribution in [0, 0.1) is 0 Å². The van der Waals surface area contributed by atoms with Crippen LogP contribution in [0.15, 0.2) is 18.3 Å². The van der Waals surface area contributed by atoms with Crippen molar-refractivity contribution in [2.24, 2.45) is 0 Å². The van der Waals surface area contributed by atoms with Gasteiger partial charge in [-0.2, -0.15) is 4.98 Å². The predicted molar refractivity (Wildman–Crippen MR) is 107 cm³/mol. The first kappa shape index (κ1) is 18.8. The lowest BCUT2D eigenvalue weighted by Crippen LogP contribution is -2.39. The molecule has 28 heavy (non-hydrogen) atoms. The second-order valence-electron chi connectivity index (χ2n) is 6.50. The third-order valence-electron chi connectivity index (χ3n) is 5.06. The molecule has 1 aliphatic rings. The highest BCUT2D eigenvalue weighted by Gasteiger charge is 2.33. The van der Waals surface area contributed by atoms with Crippen LogP contribution in [0.25, 0.3) is 10.9 Å². The Labute approximate surface area is 171 Å². The number of methoxy groups -OCH3 is 2. The second kappa shape index (κ2) is 7.14. The number of halogens is 2. The standard InChI is InChI=1S/C19H18Cl2N4O3/c1-9-14-10-4-5-11(20)15(21)16(10)23-12(14)6-7-25(9)19(26)17-22-8-13(27-2)18(24-17)28-3/h4-5,8-9,23H,6-7H2,1-3H3. The van der Waals surface area contributed by atoms with E-state index < -0.39 is 0 Å². The number of aromatic amines is 1. The Kier molecular flexibility index (Phi) is 4.81. The molecule has 0 radical (unpaired) electrons. The van der Waals surface area contributed by atoms with Gasteiger partial charge in [-0.25, -0.2) is 4.98 Å². The number of hydrogen-bond donors (Lipinski definition) is 1. The van der Waals surface area contributed by atoms with Gasteiger partial charge < -0.3 is 19.4 Å². The van der Waals surface area contributed by atoms with Crippen molar-refractivity contribution >= 4 is 40.0 Å². The zero-order valence-electron chi connectivity index (χ0n) is 15.5. The van der Waals surface area contributed by atoms with E-state index in [0.717, 1.165) is 22.2 Å². The van der Waals surface area contributed by atoms with E-state index in [1.54, 1.807) is 11.0 Å². The highest BCUT2D eigenvalue weighted by Crippen LogP contribution is 2.40. The SMILES string of the molecule is COc1cnc(C(=O)N2CCc3[nH]c4c(Cl)c(Cl)ccc4c3C2C)nc1OC. The van der Waals surface area contributed by atoms with Crippen molar-refractivity contribution in [2.45, 2.75) is 19.4 Å². The summed E-state index contributed by atoms with van der Waals surface area (Å²) in [5, 5.41) is 1.94. The maximum atomic E-state index is 13.1. The quantitative estimate of drug-likeness (QED) is 0.691. The number of fused-ring (bicyclic) bond motifs is 3. The molecule has 1 aliphatic heterocycles. The molecule has 0 bridgehead atoms. The lowest BCUT2D eigenvalue weighted by Gasteiger charge is -2.33. The van der Waals surface area contributed by atoms with Crippen molar-refractivity contribution in [1.29, 1.82) is 0 Å². The number of amides is 1. The molecular weight excluding hydrogens is 403 g/mol. The number of hydrogen-bond acceptors (Lipinski definition) is 5. The molecule has 0 saturated carbocycles. The number of rotatable bonds is 3. The Bertz CT molecular complexity index is 1080. The van der Waals surface area contributed by atoms with Crippen LogP contribution in [0.1, 0.15) is 34.8 Å². The largest absolute Gasteiger partial charge is 0.490 e. The van der Waals surface area contributed by atoms with E-state index >= 15 is 0 Å². The topological polar surface area (TPSA) is 80.3 Å². The van der Waals surface area contributed by atoms with Crippen molar-refractivity contribution in [3.63, 3.8) is 0 Å². The Morgan fingerprint density at radius 3 is 2.79 bits per heavy atom. The van der Waals surface area contributed by atoms with Gasteiger partial charge in [0, 0.05) is 29.6 Å². The lowest BCUT2D eigenvalue weighted by atomic mass is 9.97. The molecule has 0 fully saturated rings. The minimum Gasteiger partial charge on any atom is -0.490 e. The molecule has 1 aromatic carbocycles. The molecule has 1 unspecified atom stereocenters. The third-order valence-corrected chi connectivity index (χ3v) is 5.87. The van der Waals surface area contributed by atoms with Crippen molar-refractivity contribution < 1.29 is 14.3 Å². The predicted octanol–water partition coefficient (Wildman–Crippen LogP) is 4.04. The van der Waals surface area contributed by atoms with Gasteiger partial charge in [0.25, 0.3) is 11.8 Å². The van der Waals surface area contributed by atoms with E-state index in [2.05, 4.69) is 15.0 Å². The number of carbonyl (C=O) groups excluding carboxylic acids is 1. The van der Waals surface area contributed by atoms with Crippen LogP contribution in [0.2, 0.25) is 10.0 Å². The zero-order chi connectivity index (χ0) is 20.0. The van der Waals surface area contributed by atoms with Gasteiger partial charge in [-0.3, -0.25) is 4.79 Å². The van der Waals surface area contributed by atoms with Crippen LogP contribution in [-0.2, 0) is 6.42 Å². The Morgan fingerprint density at radius 2 is 2.07 bits per heavy atom. The number of benzene rings is 1. The summed E-state index contributed by atoms with van der Waals surface area (Å²) in [6, 6.07) is 3.51. The van der Waals surface area contributed by atoms with Gasteiger partial charge in [0.1, 0.15) is 0 Å². The molecule has 1 atom stereocenters. The zero-order valence-corrected chi connectivity index (χ0v) is 17.1. The number of carbonyl (C=O) groups is 1. The molecule has 0 saturated heterocycles. The molecule has 2 aromatic heterocycles. The summed E-state index contributed by atoms with van der Waals surface area (Å²) in [5.41, 5.74) is 2.89. The summed E-state index contributed by atoms with van der Waals surface area (Å²) in [4.78, 5) is 26.6. The summed E-state index contributed by atoms with van der Waals surface area (Å²) < 4.78 is 10.3. The molecule has 146 valence electrons. The van der Waals surface area contributed by atoms with E-state index in [-0.39, 0.29) is 23.7 Å². The van der Waals surface area contributed by atoms with Gasteiger partial charge in [0.05, 0.1) is 42.0 Å². The Balaban J connectivity index is 1.72. The van der Waals surface area contributed by atoms with Crippen molar-refractivity contribution in [1.82, 2.24) is 19.9 Å². The molecule has 0 aliphatic carbocycles. The average molecular weight is 421 g/mol. The molecule has 7 nitrogen and oxygen atoms in total. The number of ether oxygens (including phenoxy) is 2. The van der Waals surface area contributed by atoms with Crippen molar-refractivity contribution in [3.05, 3.63) is 45.5 Å². The van der Waals surface area contributed by atoms with Crippen LogP contribution < -0.4 is 9.47 Å². The van der Waals surface area contributed by atoms with E-state index in [4.69, 9.17) is 32.7 Å². The summed E-state index contributed by atoms with van der Waals surface area (Å²) >= 11 is 12.5. The van der Waals surface area contributed by atoms with E-state index in [1.807, 2.05) is 13.0 Å². The normalized spacial score (nSPS) is 16.2. The first-order valence-corrected chi connectivity index (χ1v) is 9.46. The average Bonchev–Trinajstić information content (AvgIpc) is 3.10. The van der Waals surface area contributed by atoms with Crippen LogP contribution in [0.3, 0.4) is 0 Å². The van der Waals surface area contributed by atoms with Crippen molar-refractivity contribution in [2.75, 3.05) is 20.8 Å². The molecule has 0 spiro atoms. The van der Waals surface area contributed by atoms with Crippen LogP contribution in [0.5, 0.6) is 11.6 Å². The van der Waals surface area contributed by atoms with Gasteiger partial charge in [-0.15, -0.1) is 0 Å². The highest BCUT2D eigenvalue weighted by atomic mass is 35.5. The number of aromatic nitrogens is 3. The molecule has 4 rings (SSSR count). The van der Waals surface area contributed by atoms with E-state index in [0.29, 0.717) is 28.8 Å². The maximum Gasteiger partial charge on any atom is 0.292 e. The summed E-state index contributed by atoms with van der Waals surface area (Å²) in [6.07, 6.45) is 2.11. The Hall–Kier alpha value is -2.51.